The fraction of sp³-hybridized carbons (Fsp3) is 0.200. The smallest absolute Gasteiger partial charge is 0.339 e. The van der Waals surface area contributed by atoms with Crippen molar-refractivity contribution in [2.45, 2.75) is 23.6 Å². The lowest BCUT2D eigenvalue weighted by Gasteiger charge is -2.11. The summed E-state index contributed by atoms with van der Waals surface area (Å²) in [5, 5.41) is 0.491. The fourth-order valence-electron chi connectivity index (χ4n) is 1.92. The molecule has 0 radical (unpaired) electrons. The molecule has 0 atom stereocenters. The zero-order chi connectivity index (χ0) is 17.4. The minimum Gasteiger partial charge on any atom is -0.379 e. The molecule has 0 fully saturated rings. The predicted molar refractivity (Wildman–Crippen MR) is 88.3 cm³/mol. The summed E-state index contributed by atoms with van der Waals surface area (Å²) < 4.78 is 53.2. The molecular weight excluding hydrogens is 360 g/mol. The van der Waals surface area contributed by atoms with Crippen LogP contribution in [0.1, 0.15) is 11.1 Å². The Balaban J connectivity index is 2.49. The van der Waals surface area contributed by atoms with Crippen LogP contribution in [-0.4, -0.2) is 23.1 Å². The van der Waals surface area contributed by atoms with Crippen LogP contribution in [0.4, 0.5) is 0 Å². The third kappa shape index (κ3) is 4.04. The normalized spacial score (nSPS) is 12.2. The third-order valence-corrected chi connectivity index (χ3v) is 6.12. The van der Waals surface area contributed by atoms with Crippen molar-refractivity contribution in [2.24, 2.45) is 0 Å². The minimum absolute atomic E-state index is 0.0856. The van der Waals surface area contributed by atoms with E-state index < -0.39 is 20.0 Å². The second-order valence-electron chi connectivity index (χ2n) is 5.15. The highest BCUT2D eigenvalue weighted by Crippen LogP contribution is 2.26. The molecule has 0 amide bonds. The van der Waals surface area contributed by atoms with Gasteiger partial charge in [-0.05, 0) is 55.3 Å². The zero-order valence-electron chi connectivity index (χ0n) is 12.7. The number of rotatable bonds is 4. The molecule has 0 N–H and O–H groups in total. The highest BCUT2D eigenvalue weighted by molar-refractivity contribution is 7.90. The number of aryl methyl sites for hydroxylation is 2. The number of hydrogen-bond donors (Lipinski definition) is 0. The molecule has 0 aromatic heterocycles. The van der Waals surface area contributed by atoms with Gasteiger partial charge in [0.1, 0.15) is 10.6 Å². The maximum absolute atomic E-state index is 12.4. The van der Waals surface area contributed by atoms with Gasteiger partial charge in [0, 0.05) is 11.3 Å². The van der Waals surface area contributed by atoms with Crippen molar-refractivity contribution in [1.82, 2.24) is 0 Å². The van der Waals surface area contributed by atoms with E-state index in [9.17, 15) is 16.8 Å². The molecule has 5 nitrogen and oxygen atoms in total. The Bertz CT molecular complexity index is 963. The van der Waals surface area contributed by atoms with Gasteiger partial charge in [-0.1, -0.05) is 17.7 Å². The van der Waals surface area contributed by atoms with Gasteiger partial charge in [-0.2, -0.15) is 8.42 Å². The summed E-state index contributed by atoms with van der Waals surface area (Å²) in [5.41, 5.74) is 1.06. The first-order chi connectivity index (χ1) is 10.5. The van der Waals surface area contributed by atoms with E-state index in [1.54, 1.807) is 13.8 Å². The van der Waals surface area contributed by atoms with Crippen molar-refractivity contribution >= 4 is 31.6 Å². The Kier molecular flexibility index (Phi) is 4.75. The summed E-state index contributed by atoms with van der Waals surface area (Å²) in [5.74, 6) is 0.107. The van der Waals surface area contributed by atoms with E-state index in [0.717, 1.165) is 12.3 Å². The molecular formula is C15H15ClO5S2. The van der Waals surface area contributed by atoms with Crippen LogP contribution in [0.15, 0.2) is 46.2 Å². The molecule has 0 aliphatic rings. The summed E-state index contributed by atoms with van der Waals surface area (Å²) in [6.45, 7) is 3.28. The van der Waals surface area contributed by atoms with Gasteiger partial charge in [0.2, 0.25) is 0 Å². The SMILES string of the molecule is Cc1cc(OS(=O)(=O)c2cc(S(C)(=O)=O)ccc2C)ccc1Cl. The summed E-state index contributed by atoms with van der Waals surface area (Å²) in [4.78, 5) is -0.273. The van der Waals surface area contributed by atoms with E-state index in [4.69, 9.17) is 15.8 Å². The summed E-state index contributed by atoms with van der Waals surface area (Å²) in [7, 11) is -7.69. The van der Waals surface area contributed by atoms with E-state index in [-0.39, 0.29) is 15.5 Å². The van der Waals surface area contributed by atoms with Crippen LogP contribution in [0.2, 0.25) is 5.02 Å². The van der Waals surface area contributed by atoms with Crippen LogP contribution < -0.4 is 4.18 Å². The molecule has 0 saturated carbocycles. The van der Waals surface area contributed by atoms with E-state index in [1.165, 1.54) is 30.3 Å². The van der Waals surface area contributed by atoms with Crippen LogP contribution in [0.25, 0.3) is 0 Å². The van der Waals surface area contributed by atoms with E-state index in [2.05, 4.69) is 0 Å². The highest BCUT2D eigenvalue weighted by atomic mass is 35.5. The molecule has 2 rings (SSSR count). The predicted octanol–water partition coefficient (Wildman–Crippen LogP) is 3.13. The highest BCUT2D eigenvalue weighted by Gasteiger charge is 2.22. The zero-order valence-corrected chi connectivity index (χ0v) is 15.1. The molecule has 8 heteroatoms. The van der Waals surface area contributed by atoms with Gasteiger partial charge >= 0.3 is 10.1 Å². The molecule has 2 aromatic carbocycles. The van der Waals surface area contributed by atoms with Gasteiger partial charge in [-0.3, -0.25) is 0 Å². The van der Waals surface area contributed by atoms with Crippen LogP contribution in [0.3, 0.4) is 0 Å². The van der Waals surface area contributed by atoms with Crippen molar-refractivity contribution in [1.29, 1.82) is 0 Å². The Morgan fingerprint density at radius 2 is 1.57 bits per heavy atom. The van der Waals surface area contributed by atoms with Crippen LogP contribution >= 0.6 is 11.6 Å². The summed E-state index contributed by atoms with van der Waals surface area (Å²) in [6, 6.07) is 8.35. The van der Waals surface area contributed by atoms with E-state index in [1.807, 2.05) is 0 Å². The van der Waals surface area contributed by atoms with Crippen LogP contribution in [0, 0.1) is 13.8 Å². The quantitative estimate of drug-likeness (QED) is 0.768. The molecule has 0 bridgehead atoms. The third-order valence-electron chi connectivity index (χ3n) is 3.19. The lowest BCUT2D eigenvalue weighted by atomic mass is 10.2. The second-order valence-corrected chi connectivity index (χ2v) is 9.09. The first-order valence-electron chi connectivity index (χ1n) is 6.52. The van der Waals surface area contributed by atoms with Crippen molar-refractivity contribution in [3.63, 3.8) is 0 Å². The second kappa shape index (κ2) is 6.14. The van der Waals surface area contributed by atoms with Crippen molar-refractivity contribution < 1.29 is 21.0 Å². The van der Waals surface area contributed by atoms with Crippen molar-refractivity contribution in [3.8, 4) is 5.75 Å². The number of benzene rings is 2. The maximum Gasteiger partial charge on any atom is 0.339 e. The first-order valence-corrected chi connectivity index (χ1v) is 10.2. The average Bonchev–Trinajstić information content (AvgIpc) is 2.41. The topological polar surface area (TPSA) is 77.5 Å². The molecule has 0 unspecified atom stereocenters. The van der Waals surface area contributed by atoms with Gasteiger partial charge in [0.05, 0.1) is 4.90 Å². The Morgan fingerprint density at radius 1 is 0.913 bits per heavy atom. The molecule has 0 saturated heterocycles. The molecule has 0 spiro atoms. The minimum atomic E-state index is -4.16. The van der Waals surface area contributed by atoms with Crippen LogP contribution in [-0.2, 0) is 20.0 Å². The lowest BCUT2D eigenvalue weighted by Crippen LogP contribution is -2.12. The van der Waals surface area contributed by atoms with Gasteiger partial charge < -0.3 is 4.18 Å². The number of halogens is 1. The standard InChI is InChI=1S/C15H15ClO5S2/c1-10-4-6-13(22(3,17)18)9-15(10)23(19,20)21-12-5-7-14(16)11(2)8-12/h4-9H,1-3H3. The molecule has 0 aliphatic carbocycles. The molecule has 2 aromatic rings. The monoisotopic (exact) mass is 374 g/mol. The van der Waals surface area contributed by atoms with Crippen molar-refractivity contribution in [2.75, 3.05) is 6.26 Å². The fourth-order valence-corrected chi connectivity index (χ4v) is 3.94. The van der Waals surface area contributed by atoms with E-state index in [0.29, 0.717) is 16.1 Å². The largest absolute Gasteiger partial charge is 0.379 e. The van der Waals surface area contributed by atoms with Gasteiger partial charge in [0.15, 0.2) is 9.84 Å². The summed E-state index contributed by atoms with van der Waals surface area (Å²) in [6.07, 6.45) is 1.01. The Morgan fingerprint density at radius 3 is 2.13 bits per heavy atom. The Labute approximate surface area is 140 Å². The average molecular weight is 375 g/mol. The Hall–Kier alpha value is -1.57. The number of sulfone groups is 1. The van der Waals surface area contributed by atoms with Crippen molar-refractivity contribution in [3.05, 3.63) is 52.5 Å². The summed E-state index contributed by atoms with van der Waals surface area (Å²) >= 11 is 5.89. The molecule has 124 valence electrons. The number of hydrogen-bond acceptors (Lipinski definition) is 5. The van der Waals surface area contributed by atoms with Gasteiger partial charge in [-0.15, -0.1) is 0 Å². The van der Waals surface area contributed by atoms with Gasteiger partial charge in [0.25, 0.3) is 0 Å². The van der Waals surface area contributed by atoms with Crippen LogP contribution in [0.5, 0.6) is 5.75 Å². The maximum atomic E-state index is 12.4. The molecule has 23 heavy (non-hydrogen) atoms. The van der Waals surface area contributed by atoms with Gasteiger partial charge in [-0.25, -0.2) is 8.42 Å². The molecule has 0 heterocycles. The molecule has 0 aliphatic heterocycles. The first kappa shape index (κ1) is 17.8. The van der Waals surface area contributed by atoms with E-state index >= 15 is 0 Å². The lowest BCUT2D eigenvalue weighted by molar-refractivity contribution is 0.485.